The van der Waals surface area contributed by atoms with Gasteiger partial charge in [-0.25, -0.2) is 0 Å². The van der Waals surface area contributed by atoms with Gasteiger partial charge in [-0.05, 0) is 33.1 Å². The van der Waals surface area contributed by atoms with Crippen molar-refractivity contribution < 1.29 is 22.4 Å². The minimum Gasteiger partial charge on any atom is -0.377 e. The predicted molar refractivity (Wildman–Crippen MR) is 76.7 cm³/mol. The molecule has 0 aliphatic heterocycles. The third-order valence-corrected chi connectivity index (χ3v) is 3.82. The van der Waals surface area contributed by atoms with E-state index in [4.69, 9.17) is 0 Å². The van der Waals surface area contributed by atoms with Crippen LogP contribution >= 0.6 is 0 Å². The van der Waals surface area contributed by atoms with Crippen molar-refractivity contribution in [1.29, 1.82) is 0 Å². The molecule has 128 valence electrons. The largest absolute Gasteiger partial charge is 0.377 e. The molecule has 4 nitrogen and oxygen atoms in total. The van der Waals surface area contributed by atoms with Gasteiger partial charge in [0.05, 0.1) is 0 Å². The van der Waals surface area contributed by atoms with Crippen molar-refractivity contribution in [3.8, 4) is 0 Å². The van der Waals surface area contributed by atoms with Gasteiger partial charge in [-0.2, -0.15) is 22.5 Å². The van der Waals surface area contributed by atoms with E-state index in [0.717, 1.165) is 0 Å². The molecular formula is C15H19F4N3O. The first kappa shape index (κ1) is 17.5. The maximum atomic E-state index is 13.6. The lowest BCUT2D eigenvalue weighted by atomic mass is 9.85. The minimum atomic E-state index is -1.70. The predicted octanol–water partition coefficient (Wildman–Crippen LogP) is 3.13. The molecule has 1 saturated carbocycles. The number of nitrogens with zero attached hydrogens (tertiary/aromatic N) is 1. The second-order valence-electron chi connectivity index (χ2n) is 6.06. The molecule has 2 unspecified atom stereocenters. The summed E-state index contributed by atoms with van der Waals surface area (Å²) in [6, 6.07) is -0.453. The van der Waals surface area contributed by atoms with Crippen LogP contribution in [0.15, 0.2) is 0 Å². The molecule has 2 N–H and O–H groups in total. The first-order chi connectivity index (χ1) is 10.8. The second-order valence-corrected chi connectivity index (χ2v) is 6.06. The Morgan fingerprint density at radius 3 is 2.30 bits per heavy atom. The second kappa shape index (κ2) is 7.14. The third-order valence-electron chi connectivity index (χ3n) is 3.82. The van der Waals surface area contributed by atoms with Gasteiger partial charge in [-0.3, -0.25) is 4.79 Å². The average Bonchev–Trinajstić information content (AvgIpc) is 2.49. The Bertz CT molecular complexity index is 568. The molecule has 0 radical (unpaired) electrons. The topological polar surface area (TPSA) is 54.0 Å². The molecule has 1 heterocycles. The van der Waals surface area contributed by atoms with Crippen LogP contribution < -0.4 is 10.6 Å². The standard InChI is InChI=1S/C15H19F4N3O/c1-7(2)20-15(23)8-4-3-5-9(6-8)21-12-10(16)13(18)22-14(19)11(12)17/h7-9H,3-6H2,1-2H3,(H,20,23)(H,21,22). The molecule has 0 aromatic carbocycles. The van der Waals surface area contributed by atoms with Gasteiger partial charge < -0.3 is 10.6 Å². The summed E-state index contributed by atoms with van der Waals surface area (Å²) in [7, 11) is 0. The van der Waals surface area contributed by atoms with E-state index >= 15 is 0 Å². The summed E-state index contributed by atoms with van der Waals surface area (Å²) in [5.41, 5.74) is -0.870. The Morgan fingerprint density at radius 2 is 1.74 bits per heavy atom. The van der Waals surface area contributed by atoms with Crippen LogP contribution in [0.4, 0.5) is 23.2 Å². The van der Waals surface area contributed by atoms with Crippen molar-refractivity contribution in [2.75, 3.05) is 5.32 Å². The van der Waals surface area contributed by atoms with Gasteiger partial charge in [0.2, 0.25) is 17.5 Å². The van der Waals surface area contributed by atoms with E-state index in [2.05, 4.69) is 15.6 Å². The lowest BCUT2D eigenvalue weighted by molar-refractivity contribution is -0.126. The SMILES string of the molecule is CC(C)NC(=O)C1CCCC(Nc2c(F)c(F)nc(F)c2F)C1. The quantitative estimate of drug-likeness (QED) is 0.657. The summed E-state index contributed by atoms with van der Waals surface area (Å²) >= 11 is 0. The van der Waals surface area contributed by atoms with E-state index < -0.39 is 35.3 Å². The van der Waals surface area contributed by atoms with Crippen molar-refractivity contribution in [3.05, 3.63) is 23.5 Å². The van der Waals surface area contributed by atoms with Crippen molar-refractivity contribution in [2.24, 2.45) is 5.92 Å². The van der Waals surface area contributed by atoms with Gasteiger partial charge in [0.25, 0.3) is 11.9 Å². The molecule has 0 bridgehead atoms. The zero-order chi connectivity index (χ0) is 17.1. The summed E-state index contributed by atoms with van der Waals surface area (Å²) in [5, 5.41) is 5.28. The van der Waals surface area contributed by atoms with Crippen LogP contribution in [-0.2, 0) is 4.79 Å². The van der Waals surface area contributed by atoms with E-state index in [9.17, 15) is 22.4 Å². The van der Waals surface area contributed by atoms with E-state index in [1.165, 1.54) is 0 Å². The number of carbonyl (C=O) groups excluding carboxylic acids is 1. The van der Waals surface area contributed by atoms with E-state index in [0.29, 0.717) is 25.7 Å². The molecule has 1 aromatic rings. The summed E-state index contributed by atoms with van der Waals surface area (Å²) in [4.78, 5) is 14.5. The van der Waals surface area contributed by atoms with Crippen molar-refractivity contribution in [3.63, 3.8) is 0 Å². The Kier molecular flexibility index (Phi) is 5.43. The van der Waals surface area contributed by atoms with Gasteiger partial charge in [-0.1, -0.05) is 6.42 Å². The maximum absolute atomic E-state index is 13.6. The zero-order valence-electron chi connectivity index (χ0n) is 12.9. The zero-order valence-corrected chi connectivity index (χ0v) is 12.9. The average molecular weight is 333 g/mol. The number of carbonyl (C=O) groups is 1. The summed E-state index contributed by atoms with van der Waals surface area (Å²) in [5.74, 6) is -6.94. The van der Waals surface area contributed by atoms with Gasteiger partial charge in [0, 0.05) is 18.0 Å². The molecule has 23 heavy (non-hydrogen) atoms. The number of anilines is 1. The van der Waals surface area contributed by atoms with Gasteiger partial charge in [0.1, 0.15) is 5.69 Å². The molecule has 2 rings (SSSR count). The molecule has 8 heteroatoms. The molecule has 0 saturated heterocycles. The molecule has 0 spiro atoms. The fourth-order valence-electron chi connectivity index (χ4n) is 2.78. The molecule has 1 aliphatic rings. The number of pyridine rings is 1. The maximum Gasteiger partial charge on any atom is 0.253 e. The molecule has 2 atom stereocenters. The number of aromatic nitrogens is 1. The summed E-state index contributed by atoms with van der Waals surface area (Å²) in [6.07, 6.45) is 2.23. The van der Waals surface area contributed by atoms with Crippen LogP contribution in [0.25, 0.3) is 0 Å². The monoisotopic (exact) mass is 333 g/mol. The third kappa shape index (κ3) is 4.11. The van der Waals surface area contributed by atoms with E-state index in [1.54, 1.807) is 0 Å². The van der Waals surface area contributed by atoms with Crippen LogP contribution in [0.3, 0.4) is 0 Å². The lowest BCUT2D eigenvalue weighted by Crippen LogP contribution is -2.40. The number of amides is 1. The fraction of sp³-hybridized carbons (Fsp3) is 0.600. The highest BCUT2D eigenvalue weighted by molar-refractivity contribution is 5.79. The van der Waals surface area contributed by atoms with Crippen LogP contribution in [0, 0.1) is 29.4 Å². The van der Waals surface area contributed by atoms with Crippen molar-refractivity contribution in [1.82, 2.24) is 10.3 Å². The first-order valence-electron chi connectivity index (χ1n) is 7.56. The van der Waals surface area contributed by atoms with Crippen molar-refractivity contribution >= 4 is 11.6 Å². The highest BCUT2D eigenvalue weighted by atomic mass is 19.2. The van der Waals surface area contributed by atoms with Crippen LogP contribution in [0.1, 0.15) is 39.5 Å². The van der Waals surface area contributed by atoms with Crippen LogP contribution in [0.2, 0.25) is 0 Å². The number of hydrogen-bond donors (Lipinski definition) is 2. The van der Waals surface area contributed by atoms with Gasteiger partial charge in [0.15, 0.2) is 0 Å². The normalized spacial score (nSPS) is 21.3. The Labute approximate surface area is 131 Å². The lowest BCUT2D eigenvalue weighted by Gasteiger charge is -2.30. The smallest absolute Gasteiger partial charge is 0.253 e. The number of hydrogen-bond acceptors (Lipinski definition) is 3. The highest BCUT2D eigenvalue weighted by Crippen LogP contribution is 2.30. The molecule has 1 aromatic heterocycles. The molecule has 1 aliphatic carbocycles. The van der Waals surface area contributed by atoms with Crippen LogP contribution in [-0.4, -0.2) is 23.0 Å². The van der Waals surface area contributed by atoms with Crippen molar-refractivity contribution in [2.45, 2.75) is 51.6 Å². The van der Waals surface area contributed by atoms with Gasteiger partial charge in [-0.15, -0.1) is 0 Å². The van der Waals surface area contributed by atoms with E-state index in [1.807, 2.05) is 13.8 Å². The Balaban J connectivity index is 2.10. The molecule has 1 amide bonds. The Morgan fingerprint density at radius 1 is 1.13 bits per heavy atom. The number of nitrogens with one attached hydrogen (secondary N) is 2. The Hall–Kier alpha value is -1.86. The van der Waals surface area contributed by atoms with E-state index in [-0.39, 0.29) is 17.9 Å². The minimum absolute atomic E-state index is 0.00545. The number of rotatable bonds is 4. The molecular weight excluding hydrogens is 314 g/mol. The summed E-state index contributed by atoms with van der Waals surface area (Å²) < 4.78 is 53.5. The first-order valence-corrected chi connectivity index (χ1v) is 7.56. The number of halogens is 4. The summed E-state index contributed by atoms with van der Waals surface area (Å²) in [6.45, 7) is 3.67. The highest BCUT2D eigenvalue weighted by Gasteiger charge is 2.30. The fourth-order valence-corrected chi connectivity index (χ4v) is 2.78. The molecule has 1 fully saturated rings. The van der Waals surface area contributed by atoms with Crippen LogP contribution in [0.5, 0.6) is 0 Å². The van der Waals surface area contributed by atoms with Gasteiger partial charge >= 0.3 is 0 Å².